The first kappa shape index (κ1) is 11.1. The third-order valence-corrected chi connectivity index (χ3v) is 3.48. The van der Waals surface area contributed by atoms with Crippen LogP contribution in [-0.2, 0) is 12.8 Å². The zero-order chi connectivity index (χ0) is 12.7. The molecule has 1 aliphatic rings. The Morgan fingerprint density at radius 1 is 1.28 bits per heavy atom. The average Bonchev–Trinajstić information content (AvgIpc) is 2.79. The zero-order valence-corrected chi connectivity index (χ0v) is 10.0. The second-order valence-corrected chi connectivity index (χ2v) is 4.72. The van der Waals surface area contributed by atoms with Gasteiger partial charge in [-0.1, -0.05) is 24.3 Å². The minimum Gasteiger partial charge on any atom is -0.308 e. The lowest BCUT2D eigenvalue weighted by atomic mass is 10.1. The molecule has 0 saturated heterocycles. The van der Waals surface area contributed by atoms with Gasteiger partial charge in [0.05, 0.1) is 5.69 Å². The van der Waals surface area contributed by atoms with Gasteiger partial charge in [0.25, 0.3) is 5.56 Å². The van der Waals surface area contributed by atoms with Crippen molar-refractivity contribution >= 4 is 0 Å². The van der Waals surface area contributed by atoms with Crippen molar-refractivity contribution in [3.63, 3.8) is 0 Å². The maximum absolute atomic E-state index is 13.3. The molecule has 4 heteroatoms. The van der Waals surface area contributed by atoms with Gasteiger partial charge in [-0.2, -0.15) is 4.39 Å². The molecule has 0 aliphatic heterocycles. The van der Waals surface area contributed by atoms with Gasteiger partial charge >= 0.3 is 0 Å². The second-order valence-electron chi connectivity index (χ2n) is 4.72. The van der Waals surface area contributed by atoms with E-state index in [1.54, 1.807) is 0 Å². The van der Waals surface area contributed by atoms with Crippen molar-refractivity contribution in [2.24, 2.45) is 0 Å². The number of benzene rings is 1. The molecule has 0 bridgehead atoms. The minimum absolute atomic E-state index is 0.148. The lowest BCUT2D eigenvalue weighted by Crippen LogP contribution is -2.19. The Morgan fingerprint density at radius 2 is 1.89 bits per heavy atom. The Kier molecular flexibility index (Phi) is 2.51. The molecule has 0 spiro atoms. The Labute approximate surface area is 104 Å². The van der Waals surface area contributed by atoms with Gasteiger partial charge in [0, 0.05) is 5.92 Å². The van der Waals surface area contributed by atoms with E-state index in [-0.39, 0.29) is 11.6 Å². The molecule has 3 rings (SSSR count). The first-order valence-electron chi connectivity index (χ1n) is 5.98. The molecular formula is C14H13FN2O. The molecule has 18 heavy (non-hydrogen) atoms. The number of halogens is 1. The van der Waals surface area contributed by atoms with Crippen LogP contribution in [-0.4, -0.2) is 9.97 Å². The van der Waals surface area contributed by atoms with E-state index in [1.165, 1.54) is 18.1 Å². The van der Waals surface area contributed by atoms with Crippen LogP contribution in [0.2, 0.25) is 0 Å². The van der Waals surface area contributed by atoms with E-state index in [2.05, 4.69) is 22.1 Å². The number of nitrogens with zero attached hydrogens (tertiary/aromatic N) is 1. The fourth-order valence-corrected chi connectivity index (χ4v) is 2.54. The first-order valence-corrected chi connectivity index (χ1v) is 5.98. The fourth-order valence-electron chi connectivity index (χ4n) is 2.54. The highest BCUT2D eigenvalue weighted by molar-refractivity contribution is 5.35. The molecule has 92 valence electrons. The number of aromatic nitrogens is 2. The molecule has 0 unspecified atom stereocenters. The lowest BCUT2D eigenvalue weighted by Gasteiger charge is -2.08. The van der Waals surface area contributed by atoms with Gasteiger partial charge in [-0.3, -0.25) is 4.79 Å². The summed E-state index contributed by atoms with van der Waals surface area (Å²) in [5, 5.41) is 0. The van der Waals surface area contributed by atoms with Crippen molar-refractivity contribution < 1.29 is 4.39 Å². The van der Waals surface area contributed by atoms with E-state index in [0.29, 0.717) is 5.82 Å². The van der Waals surface area contributed by atoms with Crippen molar-refractivity contribution in [2.75, 3.05) is 0 Å². The number of hydrogen-bond acceptors (Lipinski definition) is 2. The molecule has 0 fully saturated rings. The standard InChI is InChI=1S/C14H13FN2O/c1-8-12(15)14(18)17-13(16-8)11-6-9-4-2-3-5-10(9)7-11/h2-5,11H,6-7H2,1H3,(H,16,17,18). The molecule has 1 N–H and O–H groups in total. The van der Waals surface area contributed by atoms with Gasteiger partial charge in [0.1, 0.15) is 5.82 Å². The first-order chi connectivity index (χ1) is 8.65. The van der Waals surface area contributed by atoms with Crippen LogP contribution in [0.3, 0.4) is 0 Å². The van der Waals surface area contributed by atoms with Crippen LogP contribution >= 0.6 is 0 Å². The molecule has 1 aromatic heterocycles. The van der Waals surface area contributed by atoms with Crippen LogP contribution in [0.15, 0.2) is 29.1 Å². The van der Waals surface area contributed by atoms with Crippen molar-refractivity contribution in [3.05, 3.63) is 63.1 Å². The van der Waals surface area contributed by atoms with E-state index in [9.17, 15) is 9.18 Å². The fraction of sp³-hybridized carbons (Fsp3) is 0.286. The van der Waals surface area contributed by atoms with E-state index >= 15 is 0 Å². The Bertz CT molecular complexity index is 638. The van der Waals surface area contributed by atoms with E-state index in [1.807, 2.05) is 12.1 Å². The highest BCUT2D eigenvalue weighted by atomic mass is 19.1. The molecule has 3 nitrogen and oxygen atoms in total. The van der Waals surface area contributed by atoms with Crippen LogP contribution in [0.25, 0.3) is 0 Å². The van der Waals surface area contributed by atoms with E-state index < -0.39 is 11.4 Å². The second kappa shape index (κ2) is 4.05. The molecule has 1 heterocycles. The Balaban J connectivity index is 1.98. The third kappa shape index (κ3) is 1.74. The largest absolute Gasteiger partial charge is 0.308 e. The van der Waals surface area contributed by atoms with Crippen LogP contribution in [0.4, 0.5) is 4.39 Å². The Morgan fingerprint density at radius 3 is 2.44 bits per heavy atom. The van der Waals surface area contributed by atoms with Crippen molar-refractivity contribution in [2.45, 2.75) is 25.7 Å². The Hall–Kier alpha value is -1.97. The van der Waals surface area contributed by atoms with Gasteiger partial charge in [0.15, 0.2) is 0 Å². The summed E-state index contributed by atoms with van der Waals surface area (Å²) in [6.45, 7) is 1.52. The summed E-state index contributed by atoms with van der Waals surface area (Å²) in [5.41, 5.74) is 2.07. The maximum Gasteiger partial charge on any atom is 0.287 e. The number of fused-ring (bicyclic) bond motifs is 1. The summed E-state index contributed by atoms with van der Waals surface area (Å²) in [6.07, 6.45) is 1.70. The number of H-pyrrole nitrogens is 1. The molecule has 0 radical (unpaired) electrons. The predicted octanol–water partition coefficient (Wildman–Crippen LogP) is 2.10. The number of hydrogen-bond donors (Lipinski definition) is 1. The van der Waals surface area contributed by atoms with Gasteiger partial charge in [0.2, 0.25) is 5.82 Å². The number of aromatic amines is 1. The van der Waals surface area contributed by atoms with Crippen LogP contribution in [0.1, 0.15) is 28.6 Å². The molecule has 1 aromatic carbocycles. The highest BCUT2D eigenvalue weighted by Crippen LogP contribution is 2.31. The van der Waals surface area contributed by atoms with Crippen LogP contribution in [0, 0.1) is 12.7 Å². The summed E-state index contributed by atoms with van der Waals surface area (Å²) in [6, 6.07) is 8.19. The molecule has 0 atom stereocenters. The van der Waals surface area contributed by atoms with Gasteiger partial charge < -0.3 is 4.98 Å². The molecule has 1 aliphatic carbocycles. The van der Waals surface area contributed by atoms with Crippen molar-refractivity contribution in [3.8, 4) is 0 Å². The van der Waals surface area contributed by atoms with Gasteiger partial charge in [-0.15, -0.1) is 0 Å². The van der Waals surface area contributed by atoms with Crippen molar-refractivity contribution in [1.29, 1.82) is 0 Å². The quantitative estimate of drug-likeness (QED) is 0.835. The van der Waals surface area contributed by atoms with E-state index in [4.69, 9.17) is 0 Å². The topological polar surface area (TPSA) is 45.8 Å². The van der Waals surface area contributed by atoms with E-state index in [0.717, 1.165) is 12.8 Å². The van der Waals surface area contributed by atoms with Gasteiger partial charge in [-0.25, -0.2) is 4.98 Å². The normalized spacial score (nSPS) is 14.8. The third-order valence-electron chi connectivity index (χ3n) is 3.48. The summed E-state index contributed by atoms with van der Waals surface area (Å²) >= 11 is 0. The summed E-state index contributed by atoms with van der Waals surface area (Å²) in [7, 11) is 0. The smallest absolute Gasteiger partial charge is 0.287 e. The number of aryl methyl sites for hydroxylation is 1. The molecule has 0 saturated carbocycles. The van der Waals surface area contributed by atoms with Crippen molar-refractivity contribution in [1.82, 2.24) is 9.97 Å². The lowest BCUT2D eigenvalue weighted by molar-refractivity contribution is 0.569. The molecular weight excluding hydrogens is 231 g/mol. The number of rotatable bonds is 1. The monoisotopic (exact) mass is 244 g/mol. The molecule has 0 amide bonds. The summed E-state index contributed by atoms with van der Waals surface area (Å²) in [4.78, 5) is 18.1. The van der Waals surface area contributed by atoms with Crippen LogP contribution < -0.4 is 5.56 Å². The predicted molar refractivity (Wildman–Crippen MR) is 66.1 cm³/mol. The zero-order valence-electron chi connectivity index (χ0n) is 10.0. The molecule has 2 aromatic rings. The summed E-state index contributed by atoms with van der Waals surface area (Å²) < 4.78 is 13.3. The minimum atomic E-state index is -0.783. The van der Waals surface area contributed by atoms with Crippen LogP contribution in [0.5, 0.6) is 0 Å². The number of nitrogens with one attached hydrogen (secondary N) is 1. The average molecular weight is 244 g/mol. The summed E-state index contributed by atoms with van der Waals surface area (Å²) in [5.74, 6) is -0.0428. The maximum atomic E-state index is 13.3. The highest BCUT2D eigenvalue weighted by Gasteiger charge is 2.25. The van der Waals surface area contributed by atoms with Gasteiger partial charge in [-0.05, 0) is 30.9 Å². The SMILES string of the molecule is Cc1nc(C2Cc3ccccc3C2)[nH]c(=O)c1F.